The van der Waals surface area contributed by atoms with Crippen molar-refractivity contribution in [1.82, 2.24) is 0 Å². The van der Waals surface area contributed by atoms with Crippen LogP contribution in [0, 0.1) is 10.1 Å². The number of carbonyl (C=O) groups excluding carboxylic acids is 1. The molecule has 0 radical (unpaired) electrons. The molecule has 0 aromatic heterocycles. The number of benzene rings is 2. The van der Waals surface area contributed by atoms with E-state index in [2.05, 4.69) is 0 Å². The maximum absolute atomic E-state index is 12.1. The number of hydrogen-bond acceptors (Lipinski definition) is 4. The molecule has 0 amide bonds. The summed E-state index contributed by atoms with van der Waals surface area (Å²) >= 11 is 0. The molecule has 0 aliphatic carbocycles. The molecule has 2 aromatic rings. The number of ketones is 1. The number of nitrogens with zero attached hydrogens (tertiary/aromatic N) is 1. The quantitative estimate of drug-likeness (QED) is 0.510. The van der Waals surface area contributed by atoms with Crippen LogP contribution >= 0.6 is 0 Å². The molecule has 0 atom stereocenters. The number of aromatic hydroxyl groups is 1. The van der Waals surface area contributed by atoms with Gasteiger partial charge in [0.05, 0.1) is 10.5 Å². The summed E-state index contributed by atoms with van der Waals surface area (Å²) in [6.45, 7) is 0. The van der Waals surface area contributed by atoms with E-state index in [1.807, 2.05) is 0 Å². The summed E-state index contributed by atoms with van der Waals surface area (Å²) in [5, 5.41) is 20.2. The smallest absolute Gasteiger partial charge is 0.270 e. The second-order valence-corrected chi connectivity index (χ2v) is 3.65. The lowest BCUT2D eigenvalue weighted by Crippen LogP contribution is -2.02. The highest BCUT2D eigenvalue weighted by molar-refractivity contribution is 6.10. The molecule has 0 spiro atoms. The third-order valence-electron chi connectivity index (χ3n) is 2.47. The van der Waals surface area contributed by atoms with Crippen molar-refractivity contribution in [2.24, 2.45) is 0 Å². The Hall–Kier alpha value is -2.69. The topological polar surface area (TPSA) is 80.4 Å². The maximum Gasteiger partial charge on any atom is 0.270 e. The predicted molar refractivity (Wildman–Crippen MR) is 64.6 cm³/mol. The molecule has 0 unspecified atom stereocenters. The number of non-ortho nitro benzene ring substituents is 1. The molecule has 0 saturated carbocycles. The number of nitro benzene ring substituents is 1. The Morgan fingerprint density at radius 3 is 2.39 bits per heavy atom. The molecule has 18 heavy (non-hydrogen) atoms. The van der Waals surface area contributed by atoms with Crippen LogP contribution < -0.4 is 0 Å². The highest BCUT2D eigenvalue weighted by atomic mass is 16.6. The van der Waals surface area contributed by atoms with Crippen molar-refractivity contribution in [3.8, 4) is 5.75 Å². The molecule has 0 aliphatic heterocycles. The molecule has 5 nitrogen and oxygen atoms in total. The van der Waals surface area contributed by atoms with Gasteiger partial charge in [-0.05, 0) is 6.07 Å². The highest BCUT2D eigenvalue weighted by Crippen LogP contribution is 2.25. The van der Waals surface area contributed by atoms with Gasteiger partial charge < -0.3 is 5.11 Å². The van der Waals surface area contributed by atoms with Crippen LogP contribution in [0.15, 0.2) is 48.5 Å². The van der Waals surface area contributed by atoms with E-state index in [0.717, 1.165) is 18.2 Å². The van der Waals surface area contributed by atoms with Crippen LogP contribution in [0.2, 0.25) is 0 Å². The summed E-state index contributed by atoms with van der Waals surface area (Å²) in [5.74, 6) is -0.716. The molecule has 1 N–H and O–H groups in total. The Morgan fingerprint density at radius 1 is 1.11 bits per heavy atom. The van der Waals surface area contributed by atoms with Gasteiger partial charge in [-0.15, -0.1) is 0 Å². The van der Waals surface area contributed by atoms with Crippen LogP contribution in [-0.4, -0.2) is 15.8 Å². The van der Waals surface area contributed by atoms with Crippen molar-refractivity contribution in [3.63, 3.8) is 0 Å². The lowest BCUT2D eigenvalue weighted by atomic mass is 10.0. The largest absolute Gasteiger partial charge is 0.507 e. The van der Waals surface area contributed by atoms with Gasteiger partial charge in [-0.25, -0.2) is 0 Å². The van der Waals surface area contributed by atoms with Gasteiger partial charge in [0.2, 0.25) is 0 Å². The molecule has 0 heterocycles. The minimum Gasteiger partial charge on any atom is -0.507 e. The molecule has 2 rings (SSSR count). The van der Waals surface area contributed by atoms with Gasteiger partial charge in [0.15, 0.2) is 5.78 Å². The molecule has 2 aromatic carbocycles. The van der Waals surface area contributed by atoms with Gasteiger partial charge >= 0.3 is 0 Å². The van der Waals surface area contributed by atoms with E-state index >= 15 is 0 Å². The number of hydrogen-bond donors (Lipinski definition) is 1. The number of rotatable bonds is 3. The van der Waals surface area contributed by atoms with Gasteiger partial charge in [0, 0.05) is 17.7 Å². The first kappa shape index (κ1) is 11.8. The fourth-order valence-corrected chi connectivity index (χ4v) is 1.56. The van der Waals surface area contributed by atoms with Gasteiger partial charge in [-0.1, -0.05) is 30.3 Å². The first-order valence-electron chi connectivity index (χ1n) is 5.17. The summed E-state index contributed by atoms with van der Waals surface area (Å²) in [7, 11) is 0. The van der Waals surface area contributed by atoms with E-state index in [0.29, 0.717) is 5.56 Å². The molecule has 90 valence electrons. The van der Waals surface area contributed by atoms with Crippen LogP contribution in [0.3, 0.4) is 0 Å². The zero-order chi connectivity index (χ0) is 13.1. The van der Waals surface area contributed by atoms with E-state index in [-0.39, 0.29) is 17.0 Å². The van der Waals surface area contributed by atoms with Gasteiger partial charge in [-0.2, -0.15) is 0 Å². The van der Waals surface area contributed by atoms with Crippen molar-refractivity contribution in [1.29, 1.82) is 0 Å². The molecule has 0 saturated heterocycles. The fraction of sp³-hybridized carbons (Fsp3) is 0. The molecule has 5 heteroatoms. The lowest BCUT2D eigenvalue weighted by molar-refractivity contribution is -0.384. The lowest BCUT2D eigenvalue weighted by Gasteiger charge is -2.03. The van der Waals surface area contributed by atoms with Crippen LogP contribution in [-0.2, 0) is 0 Å². The average Bonchev–Trinajstić information content (AvgIpc) is 2.39. The summed E-state index contributed by atoms with van der Waals surface area (Å²) in [5.41, 5.74) is 0.0655. The Morgan fingerprint density at radius 2 is 1.78 bits per heavy atom. The van der Waals surface area contributed by atoms with Crippen molar-refractivity contribution < 1.29 is 14.8 Å². The third kappa shape index (κ3) is 2.20. The van der Waals surface area contributed by atoms with E-state index in [1.165, 1.54) is 0 Å². The van der Waals surface area contributed by atoms with E-state index in [9.17, 15) is 20.0 Å². The normalized spacial score (nSPS) is 10.0. The average molecular weight is 243 g/mol. The Kier molecular flexibility index (Phi) is 3.05. The van der Waals surface area contributed by atoms with Crippen molar-refractivity contribution in [2.75, 3.05) is 0 Å². The monoisotopic (exact) mass is 243 g/mol. The second kappa shape index (κ2) is 4.67. The van der Waals surface area contributed by atoms with E-state index in [4.69, 9.17) is 0 Å². The van der Waals surface area contributed by atoms with Gasteiger partial charge in [0.1, 0.15) is 5.75 Å². The molecule has 0 aliphatic rings. The summed E-state index contributed by atoms with van der Waals surface area (Å²) in [4.78, 5) is 22.1. The SMILES string of the molecule is O=C(c1ccccc1)c1cc([N+](=O)[O-])ccc1O. The van der Waals surface area contributed by atoms with Crippen molar-refractivity contribution in [2.45, 2.75) is 0 Å². The van der Waals surface area contributed by atoms with E-state index in [1.54, 1.807) is 30.3 Å². The van der Waals surface area contributed by atoms with Crippen LogP contribution in [0.4, 0.5) is 5.69 Å². The standard InChI is InChI=1S/C13H9NO4/c15-12-7-6-10(14(17)18)8-11(12)13(16)9-4-2-1-3-5-9/h1-8,15H. The van der Waals surface area contributed by atoms with Gasteiger partial charge in [-0.3, -0.25) is 14.9 Å². The first-order chi connectivity index (χ1) is 8.59. The minimum atomic E-state index is -0.610. The number of phenolic OH excluding ortho intramolecular Hbond substituents is 1. The zero-order valence-corrected chi connectivity index (χ0v) is 9.24. The van der Waals surface area contributed by atoms with Crippen LogP contribution in [0.5, 0.6) is 5.75 Å². The second-order valence-electron chi connectivity index (χ2n) is 3.65. The Labute approximate surface area is 102 Å². The van der Waals surface area contributed by atoms with Gasteiger partial charge in [0.25, 0.3) is 5.69 Å². The summed E-state index contributed by atoms with van der Waals surface area (Å²) in [6, 6.07) is 11.7. The fourth-order valence-electron chi connectivity index (χ4n) is 1.56. The van der Waals surface area contributed by atoms with Crippen LogP contribution in [0.25, 0.3) is 0 Å². The van der Waals surface area contributed by atoms with Crippen molar-refractivity contribution in [3.05, 3.63) is 69.8 Å². The molecule has 0 bridgehead atoms. The van der Waals surface area contributed by atoms with Crippen LogP contribution in [0.1, 0.15) is 15.9 Å². The predicted octanol–water partition coefficient (Wildman–Crippen LogP) is 2.53. The molecule has 0 fully saturated rings. The minimum absolute atomic E-state index is 0.0737. The number of carbonyl (C=O) groups is 1. The molecular weight excluding hydrogens is 234 g/mol. The Bertz CT molecular complexity index is 608. The molecular formula is C13H9NO4. The highest BCUT2D eigenvalue weighted by Gasteiger charge is 2.17. The number of phenols is 1. The zero-order valence-electron chi connectivity index (χ0n) is 9.24. The number of nitro groups is 1. The first-order valence-corrected chi connectivity index (χ1v) is 5.17. The van der Waals surface area contributed by atoms with E-state index < -0.39 is 10.7 Å². The summed E-state index contributed by atoms with van der Waals surface area (Å²) in [6.07, 6.45) is 0. The third-order valence-corrected chi connectivity index (χ3v) is 2.47. The summed E-state index contributed by atoms with van der Waals surface area (Å²) < 4.78 is 0. The maximum atomic E-state index is 12.1. The van der Waals surface area contributed by atoms with Crippen molar-refractivity contribution >= 4 is 11.5 Å². The Balaban J connectivity index is 2.48.